The minimum atomic E-state index is 0.526. The minimum absolute atomic E-state index is 0.526. The van der Waals surface area contributed by atoms with Crippen molar-refractivity contribution in [2.45, 2.75) is 25.8 Å². The number of benzene rings is 1. The maximum atomic E-state index is 5.90. The van der Waals surface area contributed by atoms with Gasteiger partial charge in [-0.3, -0.25) is 0 Å². The highest BCUT2D eigenvalue weighted by Gasteiger charge is 2.23. The summed E-state index contributed by atoms with van der Waals surface area (Å²) in [5.41, 5.74) is 0.949. The molecule has 0 saturated heterocycles. The van der Waals surface area contributed by atoms with E-state index in [1.807, 2.05) is 24.3 Å². The lowest BCUT2D eigenvalue weighted by atomic mass is 10.3. The molecule has 4 nitrogen and oxygen atoms in total. The zero-order valence-corrected chi connectivity index (χ0v) is 10.7. The van der Waals surface area contributed by atoms with Crippen molar-refractivity contribution in [3.63, 3.8) is 0 Å². The van der Waals surface area contributed by atoms with Crippen molar-refractivity contribution in [1.29, 1.82) is 0 Å². The van der Waals surface area contributed by atoms with Crippen LogP contribution in [0.4, 0.5) is 5.69 Å². The van der Waals surface area contributed by atoms with Crippen molar-refractivity contribution in [2.24, 2.45) is 5.92 Å². The maximum Gasteiger partial charge on any atom is 0.245 e. The average Bonchev–Trinajstić information content (AvgIpc) is 3.05. The quantitative estimate of drug-likeness (QED) is 0.899. The van der Waals surface area contributed by atoms with E-state index in [1.165, 1.54) is 12.8 Å². The first-order valence-electron chi connectivity index (χ1n) is 6.10. The van der Waals surface area contributed by atoms with Crippen LogP contribution in [-0.4, -0.2) is 10.1 Å². The molecule has 1 aromatic carbocycles. The number of anilines is 1. The summed E-state index contributed by atoms with van der Waals surface area (Å²) in [7, 11) is 0. The van der Waals surface area contributed by atoms with E-state index in [9.17, 15) is 0 Å². The molecule has 0 atom stereocenters. The van der Waals surface area contributed by atoms with Gasteiger partial charge in [0.05, 0.1) is 6.54 Å². The van der Waals surface area contributed by atoms with E-state index in [0.29, 0.717) is 17.5 Å². The van der Waals surface area contributed by atoms with Crippen molar-refractivity contribution in [3.8, 4) is 0 Å². The lowest BCUT2D eigenvalue weighted by molar-refractivity contribution is 0.377. The van der Waals surface area contributed by atoms with Crippen LogP contribution in [0.15, 0.2) is 28.8 Å². The van der Waals surface area contributed by atoms with E-state index in [1.54, 1.807) is 0 Å². The average molecular weight is 264 g/mol. The van der Waals surface area contributed by atoms with E-state index in [2.05, 4.69) is 15.5 Å². The molecule has 18 heavy (non-hydrogen) atoms. The molecule has 1 heterocycles. The Balaban J connectivity index is 1.57. The van der Waals surface area contributed by atoms with E-state index in [0.717, 1.165) is 23.9 Å². The molecule has 0 aliphatic heterocycles. The number of halogens is 1. The highest BCUT2D eigenvalue weighted by molar-refractivity contribution is 6.30. The number of nitrogens with one attached hydrogen (secondary N) is 1. The van der Waals surface area contributed by atoms with Crippen LogP contribution in [-0.2, 0) is 13.0 Å². The van der Waals surface area contributed by atoms with Crippen LogP contribution in [0.1, 0.15) is 24.6 Å². The molecule has 0 spiro atoms. The van der Waals surface area contributed by atoms with Crippen molar-refractivity contribution in [2.75, 3.05) is 5.32 Å². The topological polar surface area (TPSA) is 51.0 Å². The smallest absolute Gasteiger partial charge is 0.245 e. The first-order chi connectivity index (χ1) is 8.79. The Hall–Kier alpha value is -1.55. The van der Waals surface area contributed by atoms with Crippen LogP contribution >= 0.6 is 11.6 Å². The number of aromatic nitrogens is 2. The lowest BCUT2D eigenvalue weighted by Gasteiger charge is -2.02. The van der Waals surface area contributed by atoms with Gasteiger partial charge in [-0.2, -0.15) is 4.98 Å². The molecule has 5 heteroatoms. The summed E-state index contributed by atoms with van der Waals surface area (Å²) in [6, 6.07) is 7.56. The second-order valence-electron chi connectivity index (χ2n) is 4.62. The first-order valence-corrected chi connectivity index (χ1v) is 6.48. The molecule has 3 rings (SSSR count). The largest absolute Gasteiger partial charge is 0.376 e. The zero-order chi connectivity index (χ0) is 12.4. The zero-order valence-electron chi connectivity index (χ0n) is 9.90. The molecule has 1 aromatic heterocycles. The summed E-state index contributed by atoms with van der Waals surface area (Å²) in [4.78, 5) is 4.35. The fraction of sp³-hybridized carbons (Fsp3) is 0.385. The van der Waals surface area contributed by atoms with E-state index < -0.39 is 0 Å². The van der Waals surface area contributed by atoms with Crippen LogP contribution in [0.5, 0.6) is 0 Å². The molecule has 1 fully saturated rings. The molecule has 1 aliphatic carbocycles. The lowest BCUT2D eigenvalue weighted by Crippen LogP contribution is -2.00. The van der Waals surface area contributed by atoms with Gasteiger partial charge in [-0.15, -0.1) is 0 Å². The van der Waals surface area contributed by atoms with Crippen LogP contribution < -0.4 is 5.32 Å². The van der Waals surface area contributed by atoms with Crippen LogP contribution in [0.3, 0.4) is 0 Å². The highest BCUT2D eigenvalue weighted by atomic mass is 35.5. The molecule has 1 saturated carbocycles. The van der Waals surface area contributed by atoms with Gasteiger partial charge >= 0.3 is 0 Å². The summed E-state index contributed by atoms with van der Waals surface area (Å²) < 4.78 is 5.19. The van der Waals surface area contributed by atoms with Gasteiger partial charge in [0, 0.05) is 17.1 Å². The van der Waals surface area contributed by atoms with E-state index in [-0.39, 0.29) is 0 Å². The molecule has 1 N–H and O–H groups in total. The van der Waals surface area contributed by atoms with Crippen molar-refractivity contribution in [3.05, 3.63) is 41.0 Å². The summed E-state index contributed by atoms with van der Waals surface area (Å²) >= 11 is 5.90. The standard InChI is InChI=1S/C13H14ClN3O/c14-10-2-1-3-11(7-10)15-8-13-16-12(17-18-13)6-9-4-5-9/h1-3,7,9,15H,4-6,8H2. The normalized spacial score (nSPS) is 14.7. The van der Waals surface area contributed by atoms with Crippen LogP contribution in [0, 0.1) is 5.92 Å². The number of hydrogen-bond donors (Lipinski definition) is 1. The van der Waals surface area contributed by atoms with Crippen molar-refractivity contribution < 1.29 is 4.52 Å². The predicted molar refractivity (Wildman–Crippen MR) is 69.5 cm³/mol. The number of rotatable bonds is 5. The van der Waals surface area contributed by atoms with Crippen LogP contribution in [0.2, 0.25) is 5.02 Å². The summed E-state index contributed by atoms with van der Waals surface area (Å²) in [5.74, 6) is 2.21. The Morgan fingerprint density at radius 1 is 1.39 bits per heavy atom. The molecular weight excluding hydrogens is 250 g/mol. The third-order valence-electron chi connectivity index (χ3n) is 2.95. The molecular formula is C13H14ClN3O. The second-order valence-corrected chi connectivity index (χ2v) is 5.05. The fourth-order valence-electron chi connectivity index (χ4n) is 1.80. The molecule has 0 amide bonds. The van der Waals surface area contributed by atoms with Crippen molar-refractivity contribution in [1.82, 2.24) is 10.1 Å². The number of hydrogen-bond acceptors (Lipinski definition) is 4. The molecule has 0 radical (unpaired) electrons. The van der Waals surface area contributed by atoms with Gasteiger partial charge in [0.25, 0.3) is 0 Å². The SMILES string of the molecule is Clc1cccc(NCc2nc(CC3CC3)no2)c1. The molecule has 0 unspecified atom stereocenters. The highest BCUT2D eigenvalue weighted by Crippen LogP contribution is 2.31. The molecule has 1 aliphatic rings. The van der Waals surface area contributed by atoms with Gasteiger partial charge in [0.2, 0.25) is 5.89 Å². The predicted octanol–water partition coefficient (Wildman–Crippen LogP) is 3.29. The molecule has 94 valence electrons. The Morgan fingerprint density at radius 3 is 3.06 bits per heavy atom. The van der Waals surface area contributed by atoms with Gasteiger partial charge in [-0.05, 0) is 37.0 Å². The third-order valence-corrected chi connectivity index (χ3v) is 3.18. The van der Waals surface area contributed by atoms with Gasteiger partial charge in [-0.1, -0.05) is 22.8 Å². The van der Waals surface area contributed by atoms with E-state index in [4.69, 9.17) is 16.1 Å². The second kappa shape index (κ2) is 4.98. The third kappa shape index (κ3) is 3.01. The summed E-state index contributed by atoms with van der Waals surface area (Å²) in [6.07, 6.45) is 3.54. The van der Waals surface area contributed by atoms with E-state index >= 15 is 0 Å². The first kappa shape index (κ1) is 11.5. The fourth-order valence-corrected chi connectivity index (χ4v) is 1.99. The Kier molecular flexibility index (Phi) is 3.19. The van der Waals surface area contributed by atoms with Gasteiger partial charge in [-0.25, -0.2) is 0 Å². The van der Waals surface area contributed by atoms with Gasteiger partial charge in [0.15, 0.2) is 5.82 Å². The maximum absolute atomic E-state index is 5.90. The Labute approximate surface area is 110 Å². The van der Waals surface area contributed by atoms with Gasteiger partial charge in [0.1, 0.15) is 0 Å². The summed E-state index contributed by atoms with van der Waals surface area (Å²) in [6.45, 7) is 0.526. The van der Waals surface area contributed by atoms with Gasteiger partial charge < -0.3 is 9.84 Å². The molecule has 2 aromatic rings. The Bertz CT molecular complexity index is 537. The monoisotopic (exact) mass is 263 g/mol. The Morgan fingerprint density at radius 2 is 2.28 bits per heavy atom. The minimum Gasteiger partial charge on any atom is -0.376 e. The number of nitrogens with zero attached hydrogens (tertiary/aromatic N) is 2. The summed E-state index contributed by atoms with van der Waals surface area (Å²) in [5, 5.41) is 7.89. The van der Waals surface area contributed by atoms with Crippen molar-refractivity contribution >= 4 is 17.3 Å². The van der Waals surface area contributed by atoms with Crippen LogP contribution in [0.25, 0.3) is 0 Å². The molecule has 0 bridgehead atoms.